The van der Waals surface area contributed by atoms with Gasteiger partial charge in [0.15, 0.2) is 0 Å². The van der Waals surface area contributed by atoms with E-state index in [-0.39, 0.29) is 5.91 Å². The van der Waals surface area contributed by atoms with Gasteiger partial charge in [-0.1, -0.05) is 0 Å². The average molecular weight is 321 g/mol. The van der Waals surface area contributed by atoms with Crippen LogP contribution in [0, 0.1) is 11.3 Å². The topological polar surface area (TPSA) is 80.8 Å². The van der Waals surface area contributed by atoms with Crippen molar-refractivity contribution in [3.8, 4) is 6.07 Å². The monoisotopic (exact) mass is 321 g/mol. The predicted molar refractivity (Wildman–Crippen MR) is 94.9 cm³/mol. The number of rotatable bonds is 6. The van der Waals surface area contributed by atoms with Crippen LogP contribution in [0.2, 0.25) is 0 Å². The summed E-state index contributed by atoms with van der Waals surface area (Å²) < 4.78 is 0. The summed E-state index contributed by atoms with van der Waals surface area (Å²) in [7, 11) is 1.95. The second-order valence-electron chi connectivity index (χ2n) is 5.27. The van der Waals surface area contributed by atoms with Crippen LogP contribution in [0.5, 0.6) is 0 Å². The maximum atomic E-state index is 11.0. The largest absolute Gasteiger partial charge is 0.374 e. The van der Waals surface area contributed by atoms with Gasteiger partial charge >= 0.3 is 0 Å². The molecular formula is C18H19N5O. The Bertz CT molecular complexity index is 744. The van der Waals surface area contributed by atoms with Gasteiger partial charge < -0.3 is 10.2 Å². The van der Waals surface area contributed by atoms with Crippen LogP contribution in [0.25, 0.3) is 0 Å². The van der Waals surface area contributed by atoms with E-state index in [1.165, 1.54) is 6.92 Å². The normalized spacial score (nSPS) is 10.4. The minimum atomic E-state index is -0.107. The Morgan fingerprint density at radius 1 is 1.08 bits per heavy atom. The van der Waals surface area contributed by atoms with Gasteiger partial charge in [-0.15, -0.1) is 0 Å². The van der Waals surface area contributed by atoms with E-state index in [0.29, 0.717) is 18.7 Å². The first-order valence-electron chi connectivity index (χ1n) is 7.56. The molecule has 0 unspecified atom stereocenters. The Kier molecular flexibility index (Phi) is 6.03. The van der Waals surface area contributed by atoms with E-state index in [1.54, 1.807) is 24.3 Å². The quantitative estimate of drug-likeness (QED) is 0.800. The highest BCUT2D eigenvalue weighted by atomic mass is 16.1. The zero-order valence-corrected chi connectivity index (χ0v) is 13.7. The standard InChI is InChI=1S/C18H19N5O/c1-14(24)20-15-4-6-16(7-5-15)21-22-17-8-10-18(11-9-17)23(2)13-3-12-19/h4-11H,3,13H2,1-2H3,(H,20,24). The summed E-state index contributed by atoms with van der Waals surface area (Å²) in [5, 5.41) is 19.7. The summed E-state index contributed by atoms with van der Waals surface area (Å²) in [6.07, 6.45) is 0.493. The molecule has 0 aliphatic carbocycles. The lowest BCUT2D eigenvalue weighted by Crippen LogP contribution is -2.17. The molecule has 6 nitrogen and oxygen atoms in total. The molecule has 2 rings (SSSR count). The van der Waals surface area contributed by atoms with E-state index >= 15 is 0 Å². The molecule has 0 saturated carbocycles. The number of nitriles is 1. The van der Waals surface area contributed by atoms with E-state index in [9.17, 15) is 4.79 Å². The van der Waals surface area contributed by atoms with Gasteiger partial charge in [-0.2, -0.15) is 15.5 Å². The Labute approximate surface area is 141 Å². The lowest BCUT2D eigenvalue weighted by atomic mass is 10.2. The van der Waals surface area contributed by atoms with Gasteiger partial charge in [-0.3, -0.25) is 4.79 Å². The Morgan fingerprint density at radius 2 is 1.62 bits per heavy atom. The van der Waals surface area contributed by atoms with Crippen molar-refractivity contribution in [1.29, 1.82) is 5.26 Å². The molecule has 0 heterocycles. The van der Waals surface area contributed by atoms with Crippen LogP contribution in [-0.2, 0) is 4.79 Å². The molecule has 1 N–H and O–H groups in total. The Hall–Kier alpha value is -3.20. The van der Waals surface area contributed by atoms with Crippen molar-refractivity contribution in [1.82, 2.24) is 0 Å². The number of nitrogens with zero attached hydrogens (tertiary/aromatic N) is 4. The van der Waals surface area contributed by atoms with Crippen LogP contribution in [0.4, 0.5) is 22.7 Å². The number of azo groups is 1. The van der Waals surface area contributed by atoms with E-state index < -0.39 is 0 Å². The molecule has 2 aromatic carbocycles. The summed E-state index contributed by atoms with van der Waals surface area (Å²) in [5.41, 5.74) is 3.22. The summed E-state index contributed by atoms with van der Waals surface area (Å²) >= 11 is 0. The molecule has 0 aromatic heterocycles. The maximum Gasteiger partial charge on any atom is 0.221 e. The third-order valence-electron chi connectivity index (χ3n) is 3.32. The third-order valence-corrected chi connectivity index (χ3v) is 3.32. The number of amides is 1. The zero-order valence-electron chi connectivity index (χ0n) is 13.7. The number of benzene rings is 2. The first-order valence-corrected chi connectivity index (χ1v) is 7.56. The molecule has 0 fully saturated rings. The second kappa shape index (κ2) is 8.44. The van der Waals surface area contributed by atoms with Crippen molar-refractivity contribution >= 4 is 28.7 Å². The summed E-state index contributed by atoms with van der Waals surface area (Å²) in [6.45, 7) is 2.16. The van der Waals surface area contributed by atoms with Crippen LogP contribution in [0.15, 0.2) is 58.8 Å². The summed E-state index contributed by atoms with van der Waals surface area (Å²) in [4.78, 5) is 13.0. The third kappa shape index (κ3) is 5.21. The minimum absolute atomic E-state index is 0.107. The van der Waals surface area contributed by atoms with Crippen LogP contribution >= 0.6 is 0 Å². The predicted octanol–water partition coefficient (Wildman–Crippen LogP) is 4.41. The molecule has 1 amide bonds. The highest BCUT2D eigenvalue weighted by molar-refractivity contribution is 5.88. The van der Waals surface area contributed by atoms with Gasteiger partial charge in [0, 0.05) is 31.9 Å². The van der Waals surface area contributed by atoms with Crippen molar-refractivity contribution in [2.45, 2.75) is 13.3 Å². The molecule has 2 aromatic rings. The van der Waals surface area contributed by atoms with Crippen molar-refractivity contribution in [2.24, 2.45) is 10.2 Å². The van der Waals surface area contributed by atoms with Crippen molar-refractivity contribution in [3.63, 3.8) is 0 Å². The molecule has 0 bridgehead atoms. The van der Waals surface area contributed by atoms with E-state index in [4.69, 9.17) is 5.26 Å². The van der Waals surface area contributed by atoms with Gasteiger partial charge in [0.2, 0.25) is 5.91 Å². The number of hydrogen-bond acceptors (Lipinski definition) is 5. The highest BCUT2D eigenvalue weighted by Gasteiger charge is 2.00. The van der Waals surface area contributed by atoms with Gasteiger partial charge in [0.25, 0.3) is 0 Å². The Balaban J connectivity index is 1.99. The van der Waals surface area contributed by atoms with Crippen LogP contribution in [0.1, 0.15) is 13.3 Å². The SMILES string of the molecule is CC(=O)Nc1ccc(N=Nc2ccc(N(C)CCC#N)cc2)cc1. The highest BCUT2D eigenvalue weighted by Crippen LogP contribution is 2.22. The molecule has 0 saturated heterocycles. The van der Waals surface area contributed by atoms with E-state index in [2.05, 4.69) is 21.6 Å². The first-order chi connectivity index (χ1) is 11.6. The fourth-order valence-corrected chi connectivity index (χ4v) is 2.05. The van der Waals surface area contributed by atoms with Crippen LogP contribution in [0.3, 0.4) is 0 Å². The maximum absolute atomic E-state index is 11.0. The van der Waals surface area contributed by atoms with Crippen molar-refractivity contribution in [2.75, 3.05) is 23.8 Å². The lowest BCUT2D eigenvalue weighted by molar-refractivity contribution is -0.114. The number of carbonyl (C=O) groups excluding carboxylic acids is 1. The Morgan fingerprint density at radius 3 is 2.12 bits per heavy atom. The molecular weight excluding hydrogens is 302 g/mol. The van der Waals surface area contributed by atoms with Crippen LogP contribution < -0.4 is 10.2 Å². The molecule has 6 heteroatoms. The zero-order chi connectivity index (χ0) is 17.4. The van der Waals surface area contributed by atoms with Crippen molar-refractivity contribution in [3.05, 3.63) is 48.5 Å². The molecule has 0 aliphatic heterocycles. The molecule has 0 radical (unpaired) electrons. The molecule has 24 heavy (non-hydrogen) atoms. The smallest absolute Gasteiger partial charge is 0.221 e. The lowest BCUT2D eigenvalue weighted by Gasteiger charge is -2.17. The fourth-order valence-electron chi connectivity index (χ4n) is 2.05. The molecule has 122 valence electrons. The molecule has 0 atom stereocenters. The second-order valence-corrected chi connectivity index (χ2v) is 5.27. The molecule has 0 spiro atoms. The number of carbonyl (C=O) groups is 1. The number of anilines is 2. The number of hydrogen-bond donors (Lipinski definition) is 1. The molecule has 0 aliphatic rings. The summed E-state index contributed by atoms with van der Waals surface area (Å²) in [5.74, 6) is -0.107. The van der Waals surface area contributed by atoms with Gasteiger partial charge in [0.05, 0.1) is 23.9 Å². The first kappa shape index (κ1) is 17.2. The van der Waals surface area contributed by atoms with Crippen molar-refractivity contribution < 1.29 is 4.79 Å². The van der Waals surface area contributed by atoms with Gasteiger partial charge in [-0.05, 0) is 48.5 Å². The average Bonchev–Trinajstić information content (AvgIpc) is 2.59. The minimum Gasteiger partial charge on any atom is -0.374 e. The van der Waals surface area contributed by atoms with E-state index in [1.807, 2.05) is 36.2 Å². The number of nitrogens with one attached hydrogen (secondary N) is 1. The van der Waals surface area contributed by atoms with Crippen LogP contribution in [-0.4, -0.2) is 19.5 Å². The van der Waals surface area contributed by atoms with E-state index in [0.717, 1.165) is 17.1 Å². The van der Waals surface area contributed by atoms with Gasteiger partial charge in [0.1, 0.15) is 0 Å². The fraction of sp³-hybridized carbons (Fsp3) is 0.222. The van der Waals surface area contributed by atoms with Gasteiger partial charge in [-0.25, -0.2) is 0 Å². The summed E-state index contributed by atoms with van der Waals surface area (Å²) in [6, 6.07) is 16.9.